The van der Waals surface area contributed by atoms with E-state index < -0.39 is 22.3 Å². The zero-order valence-electron chi connectivity index (χ0n) is 42.5. The van der Waals surface area contributed by atoms with Gasteiger partial charge in [-0.15, -0.1) is 0 Å². The van der Waals surface area contributed by atoms with Gasteiger partial charge in [0.05, 0.1) is 14.4 Å². The lowest BCUT2D eigenvalue weighted by Crippen LogP contribution is -2.19. The van der Waals surface area contributed by atoms with E-state index in [4.69, 9.17) is 0 Å². The van der Waals surface area contributed by atoms with Crippen LogP contribution in [0.5, 0.6) is 0 Å². The molecular weight excluding hydrogens is 835 g/mol. The molecule has 0 aliphatic rings. The van der Waals surface area contributed by atoms with E-state index in [9.17, 15) is 23.8 Å². The molecule has 0 saturated heterocycles. The minimum atomic E-state index is -5.67. The number of hydrogen-bond acceptors (Lipinski definition) is 7. The smallest absolute Gasteiger partial charge is 0.272 e. The second-order valence-corrected chi connectivity index (χ2v) is 21.1. The second kappa shape index (κ2) is 36.5. The fraction of sp³-hybridized carbons (Fsp3) is 0.600. The summed E-state index contributed by atoms with van der Waals surface area (Å²) in [6.45, 7) is 26.0. The summed E-state index contributed by atoms with van der Waals surface area (Å²) in [7, 11) is -10.9. The van der Waals surface area contributed by atoms with Gasteiger partial charge in [-0.25, -0.2) is 0 Å². The Bertz CT molecular complexity index is 1800. The molecule has 0 bridgehead atoms. The van der Waals surface area contributed by atoms with Crippen molar-refractivity contribution in [3.8, 4) is 0 Å². The van der Waals surface area contributed by atoms with Crippen molar-refractivity contribution in [1.82, 2.24) is 0 Å². The fourth-order valence-electron chi connectivity index (χ4n) is 6.94. The number of rotatable bonds is 35. The van der Waals surface area contributed by atoms with Gasteiger partial charge in [0.25, 0.3) is 7.82 Å². The number of phosphoric acid groups is 2. The summed E-state index contributed by atoms with van der Waals surface area (Å²) in [6.07, 6.45) is 46.9. The van der Waals surface area contributed by atoms with Gasteiger partial charge in [0.1, 0.15) is 0 Å². The lowest BCUT2D eigenvalue weighted by molar-refractivity contribution is -0.339. The molecule has 1 unspecified atom stereocenters. The summed E-state index contributed by atoms with van der Waals surface area (Å²) in [5, 5.41) is 0. The molecule has 1 atom stereocenters. The van der Waals surface area contributed by atoms with Crippen molar-refractivity contribution in [2.75, 3.05) is 6.61 Å². The summed E-state index contributed by atoms with van der Waals surface area (Å²) in [5.41, 5.74) is 15.5. The normalized spacial score (nSPS) is 15.9. The van der Waals surface area contributed by atoms with Crippen LogP contribution in [0, 0.1) is 0 Å². The van der Waals surface area contributed by atoms with Gasteiger partial charge in [-0.2, -0.15) is 0 Å². The molecule has 364 valence electrons. The van der Waals surface area contributed by atoms with Gasteiger partial charge in [0.2, 0.25) is 0 Å². The van der Waals surface area contributed by atoms with Crippen LogP contribution in [0.2, 0.25) is 0 Å². The molecule has 0 spiro atoms. The van der Waals surface area contributed by atoms with Crippen molar-refractivity contribution >= 4 is 15.6 Å². The van der Waals surface area contributed by atoms with Gasteiger partial charge >= 0.3 is 0 Å². The Morgan fingerprint density at radius 2 is 0.516 bits per heavy atom. The average molecular weight is 924 g/mol. The molecule has 0 amide bonds. The van der Waals surface area contributed by atoms with Crippen LogP contribution in [0.4, 0.5) is 0 Å². The minimum absolute atomic E-state index is 0.392. The Morgan fingerprint density at radius 3 is 0.703 bits per heavy atom. The third-order valence-corrected chi connectivity index (χ3v) is 13.3. The molecule has 0 radical (unpaired) electrons. The van der Waals surface area contributed by atoms with E-state index >= 15 is 0 Å². The first-order chi connectivity index (χ1) is 30.1. The van der Waals surface area contributed by atoms with Crippen molar-refractivity contribution in [3.05, 3.63) is 128 Å². The molecule has 0 saturated carbocycles. The van der Waals surface area contributed by atoms with Gasteiger partial charge in [-0.3, -0.25) is 8.88 Å². The maximum atomic E-state index is 11.3. The Morgan fingerprint density at radius 1 is 0.328 bits per heavy atom. The summed E-state index contributed by atoms with van der Waals surface area (Å²) in [6, 6.07) is 0. The molecule has 0 aromatic heterocycles. The highest BCUT2D eigenvalue weighted by atomic mass is 31.3. The Kier molecular flexibility index (Phi) is 35.0. The third-order valence-electron chi connectivity index (χ3n) is 11.2. The first kappa shape index (κ1) is 61.4. The average Bonchev–Trinajstić information content (AvgIpc) is 3.16. The maximum Gasteiger partial charge on any atom is 0.272 e. The molecule has 0 aliphatic carbocycles. The fourth-order valence-corrected chi connectivity index (χ4v) is 8.37. The zero-order chi connectivity index (χ0) is 48.4. The largest absolute Gasteiger partial charge is 0.790 e. The molecular formula is C55H89O7P2-3. The van der Waals surface area contributed by atoms with E-state index in [0.29, 0.717) is 6.42 Å². The van der Waals surface area contributed by atoms with E-state index in [1.54, 1.807) is 0 Å². The van der Waals surface area contributed by atoms with Crippen LogP contribution < -0.4 is 14.7 Å². The van der Waals surface area contributed by atoms with Crippen molar-refractivity contribution in [1.29, 1.82) is 0 Å². The highest BCUT2D eigenvalue weighted by molar-refractivity contribution is 7.58. The van der Waals surface area contributed by atoms with E-state index in [1.807, 2.05) is 6.92 Å². The van der Waals surface area contributed by atoms with Crippen LogP contribution in [-0.4, -0.2) is 6.61 Å². The molecule has 0 aliphatic heterocycles. The van der Waals surface area contributed by atoms with Gasteiger partial charge in [-0.1, -0.05) is 128 Å². The molecule has 0 heterocycles. The standard InChI is InChI=1S/C55H92O7P2/c1-45(2)23-13-24-46(3)25-14-26-47(4)27-15-28-48(5)29-16-30-49(6)31-17-32-50(7)33-18-34-51(8)35-19-36-52(9)37-20-38-53(10)39-21-40-54(11)41-22-42-55(12)43-44-61-64(59,60)62-63(56,57)58/h23,25,27,29,31,33,35,37,39,41,43H,13-22,24,26,28,30,32,34,36,38,40,42,44H2,1-12H3,(H,59,60)(H2,56,57,58)/p-3/b46-25+,47-27+,48-29+,49-31-,50-33-,51-35-,52-37-,53-39-,54-41-,55-43-. The molecule has 0 rings (SSSR count). The van der Waals surface area contributed by atoms with Crippen LogP contribution in [0.3, 0.4) is 0 Å². The van der Waals surface area contributed by atoms with Crippen LogP contribution >= 0.6 is 15.6 Å². The van der Waals surface area contributed by atoms with E-state index in [1.165, 1.54) is 74.6 Å². The van der Waals surface area contributed by atoms with Gasteiger partial charge in [0.15, 0.2) is 0 Å². The Balaban J connectivity index is 4.31. The zero-order valence-corrected chi connectivity index (χ0v) is 44.2. The number of allylic oxidation sites excluding steroid dienone is 21. The topological polar surface area (TPSA) is 122 Å². The van der Waals surface area contributed by atoms with Gasteiger partial charge in [-0.05, 0) is 212 Å². The Labute approximate surface area is 393 Å². The number of hydrogen-bond donors (Lipinski definition) is 0. The highest BCUT2D eigenvalue weighted by Crippen LogP contribution is 2.50. The summed E-state index contributed by atoms with van der Waals surface area (Å²) in [5.74, 6) is 0. The first-order valence-electron chi connectivity index (χ1n) is 24.0. The molecule has 7 nitrogen and oxygen atoms in total. The van der Waals surface area contributed by atoms with E-state index in [0.717, 1.165) is 115 Å². The van der Waals surface area contributed by atoms with E-state index in [-0.39, 0.29) is 0 Å². The third kappa shape index (κ3) is 40.9. The number of phosphoric ester groups is 1. The molecule has 0 fully saturated rings. The summed E-state index contributed by atoms with van der Waals surface area (Å²) in [4.78, 5) is 32.3. The summed E-state index contributed by atoms with van der Waals surface area (Å²) >= 11 is 0. The van der Waals surface area contributed by atoms with Crippen molar-refractivity contribution in [3.63, 3.8) is 0 Å². The van der Waals surface area contributed by atoms with Gasteiger partial charge < -0.3 is 23.8 Å². The van der Waals surface area contributed by atoms with Crippen molar-refractivity contribution < 1.29 is 32.6 Å². The van der Waals surface area contributed by atoms with E-state index in [2.05, 4.69) is 146 Å². The first-order valence-corrected chi connectivity index (χ1v) is 26.9. The lowest BCUT2D eigenvalue weighted by atomic mass is 10.0. The van der Waals surface area contributed by atoms with Crippen LogP contribution in [-0.2, 0) is 18.0 Å². The predicted octanol–water partition coefficient (Wildman–Crippen LogP) is 16.5. The highest BCUT2D eigenvalue weighted by Gasteiger charge is 2.10. The monoisotopic (exact) mass is 924 g/mol. The minimum Gasteiger partial charge on any atom is -0.790 e. The Hall–Kier alpha value is -2.60. The van der Waals surface area contributed by atoms with Crippen LogP contribution in [0.1, 0.15) is 212 Å². The van der Waals surface area contributed by atoms with Crippen LogP contribution in [0.25, 0.3) is 0 Å². The molecule has 9 heteroatoms. The van der Waals surface area contributed by atoms with Gasteiger partial charge in [0, 0.05) is 0 Å². The second-order valence-electron chi connectivity index (χ2n) is 18.4. The summed E-state index contributed by atoms with van der Waals surface area (Å²) < 4.78 is 29.7. The predicted molar refractivity (Wildman–Crippen MR) is 272 cm³/mol. The molecule has 0 aromatic carbocycles. The lowest BCUT2D eigenvalue weighted by Gasteiger charge is -2.34. The molecule has 64 heavy (non-hydrogen) atoms. The molecule has 0 aromatic rings. The van der Waals surface area contributed by atoms with Crippen molar-refractivity contribution in [2.24, 2.45) is 0 Å². The van der Waals surface area contributed by atoms with Crippen molar-refractivity contribution in [2.45, 2.75) is 212 Å². The molecule has 0 N–H and O–H groups in total. The maximum absolute atomic E-state index is 11.3. The van der Waals surface area contributed by atoms with Crippen LogP contribution in [0.15, 0.2) is 128 Å². The quantitative estimate of drug-likeness (QED) is 0.0458. The SMILES string of the molecule is CC(C)=CCC/C(C)=C/CC/C(C)=C/CC/C(C)=C/CC/C(C)=C\CC/C(C)=C\CC/C(C)=C\CC/C(C)=C\CC/C(C)=C\CC/C(C)=C\CC/C(C)=C\COP(=O)([O-])OP(=O)([O-])[O-].